The van der Waals surface area contributed by atoms with Gasteiger partial charge in [-0.3, -0.25) is 9.69 Å². The summed E-state index contributed by atoms with van der Waals surface area (Å²) in [5, 5.41) is 8.07. The third kappa shape index (κ3) is 5.90. The molecule has 1 saturated heterocycles. The number of benzene rings is 1. The molecule has 8 nitrogen and oxygen atoms in total. The highest BCUT2D eigenvalue weighted by molar-refractivity contribution is 6.02. The van der Waals surface area contributed by atoms with Gasteiger partial charge in [0.1, 0.15) is 0 Å². The summed E-state index contributed by atoms with van der Waals surface area (Å²) >= 11 is 0. The van der Waals surface area contributed by atoms with Crippen LogP contribution in [-0.4, -0.2) is 44.9 Å². The average molecular weight is 535 g/mol. The number of nitrogens with zero attached hydrogens (tertiary/aromatic N) is 3. The molecule has 0 atom stereocenters. The highest BCUT2D eigenvalue weighted by atomic mass is 19.4. The zero-order chi connectivity index (χ0) is 27.9. The maximum atomic E-state index is 14.6. The highest BCUT2D eigenvalue weighted by Gasteiger charge is 2.43. The number of aromatic nitrogens is 2. The van der Waals surface area contributed by atoms with Crippen LogP contribution in [0.2, 0.25) is 0 Å². The highest BCUT2D eigenvalue weighted by Crippen LogP contribution is 2.39. The van der Waals surface area contributed by atoms with Crippen LogP contribution in [0.5, 0.6) is 0 Å². The molecule has 38 heavy (non-hydrogen) atoms. The van der Waals surface area contributed by atoms with Gasteiger partial charge in [-0.15, -0.1) is 0 Å². The molecule has 12 heteroatoms. The minimum Gasteiger partial charge on any atom is -0.459 e. The Morgan fingerprint density at radius 3 is 2.42 bits per heavy atom. The summed E-state index contributed by atoms with van der Waals surface area (Å²) in [6, 6.07) is 5.96. The number of alkyl halides is 3. The second-order valence-corrected chi connectivity index (χ2v) is 10.6. The van der Waals surface area contributed by atoms with Gasteiger partial charge in [0.05, 0.1) is 23.7 Å². The summed E-state index contributed by atoms with van der Waals surface area (Å²) in [5.74, 6) is -1.74. The third-order valence-electron chi connectivity index (χ3n) is 6.97. The Balaban J connectivity index is 1.55. The fourth-order valence-corrected chi connectivity index (χ4v) is 4.88. The minimum absolute atomic E-state index is 0.00689. The topological polar surface area (TPSA) is 95.3 Å². The van der Waals surface area contributed by atoms with E-state index in [2.05, 4.69) is 65.6 Å². The lowest BCUT2D eigenvalue weighted by Gasteiger charge is -2.53. The van der Waals surface area contributed by atoms with Crippen molar-refractivity contribution in [1.29, 1.82) is 0 Å². The first-order valence-corrected chi connectivity index (χ1v) is 12.0. The van der Waals surface area contributed by atoms with E-state index in [0.717, 1.165) is 31.2 Å². The van der Waals surface area contributed by atoms with Gasteiger partial charge >= 0.3 is 6.18 Å². The number of nitrogens with one attached hydrogen (secondary N) is 3. The molecule has 1 amide bonds. The molecule has 0 aliphatic carbocycles. The summed E-state index contributed by atoms with van der Waals surface area (Å²) in [4.78, 5) is 22.6. The van der Waals surface area contributed by atoms with Crippen LogP contribution in [0.4, 0.5) is 40.7 Å². The molecule has 0 radical (unpaired) electrons. The number of hydrogen-bond acceptors (Lipinski definition) is 7. The van der Waals surface area contributed by atoms with Crippen LogP contribution in [0.15, 0.2) is 47.2 Å². The first-order valence-electron chi connectivity index (χ1n) is 12.0. The van der Waals surface area contributed by atoms with Crippen molar-refractivity contribution in [1.82, 2.24) is 14.9 Å². The van der Waals surface area contributed by atoms with E-state index in [1.807, 2.05) is 0 Å². The second-order valence-electron chi connectivity index (χ2n) is 10.6. The van der Waals surface area contributed by atoms with Crippen molar-refractivity contribution in [2.75, 3.05) is 23.0 Å². The fourth-order valence-electron chi connectivity index (χ4n) is 4.88. The fraction of sp³-hybridized carbons (Fsp3) is 0.423. The molecule has 0 unspecified atom stereocenters. The van der Waals surface area contributed by atoms with Gasteiger partial charge in [-0.1, -0.05) is 0 Å². The van der Waals surface area contributed by atoms with E-state index in [1.165, 1.54) is 24.5 Å². The van der Waals surface area contributed by atoms with Gasteiger partial charge in [0.25, 0.3) is 5.91 Å². The Labute approximate surface area is 217 Å². The van der Waals surface area contributed by atoms with Gasteiger partial charge in [0.2, 0.25) is 5.95 Å². The summed E-state index contributed by atoms with van der Waals surface area (Å²) in [7, 11) is 2.06. The summed E-state index contributed by atoms with van der Waals surface area (Å²) < 4.78 is 60.9. The number of anilines is 4. The summed E-state index contributed by atoms with van der Waals surface area (Å²) in [6.45, 7) is 8.46. The molecule has 3 aromatic rings. The lowest BCUT2D eigenvalue weighted by molar-refractivity contribution is -0.136. The number of piperidine rings is 1. The molecule has 1 fully saturated rings. The predicted octanol–water partition coefficient (Wildman–Crippen LogP) is 6.29. The maximum Gasteiger partial charge on any atom is 0.418 e. The van der Waals surface area contributed by atoms with E-state index in [0.29, 0.717) is 0 Å². The molecule has 4 rings (SSSR count). The van der Waals surface area contributed by atoms with Crippen molar-refractivity contribution in [3.05, 3.63) is 59.9 Å². The van der Waals surface area contributed by atoms with Crippen LogP contribution in [0.25, 0.3) is 0 Å². The Hall–Kier alpha value is -3.67. The van der Waals surface area contributed by atoms with Crippen LogP contribution in [0, 0.1) is 5.82 Å². The molecule has 0 bridgehead atoms. The van der Waals surface area contributed by atoms with E-state index >= 15 is 0 Å². The van der Waals surface area contributed by atoms with E-state index < -0.39 is 29.2 Å². The van der Waals surface area contributed by atoms with Gasteiger partial charge in [0, 0.05) is 22.8 Å². The largest absolute Gasteiger partial charge is 0.459 e. The molecule has 1 aliphatic heterocycles. The molecule has 2 aromatic heterocycles. The van der Waals surface area contributed by atoms with Gasteiger partial charge in [-0.25, -0.2) is 9.37 Å². The standard InChI is InChI=1S/C26H30F4N6O2/c1-24(2)12-16(13-25(3,4)36(24)5)32-21-18(27)14-31-23(35-21)33-15-8-9-19(17(11-15)26(28,29)30)34-22(37)20-7-6-10-38-20/h6-11,14,16H,12-13H2,1-5H3,(H,34,37)(H2,31,32,33,35). The molecular formula is C26H30F4N6O2. The first-order chi connectivity index (χ1) is 17.7. The Morgan fingerprint density at radius 1 is 1.13 bits per heavy atom. The van der Waals surface area contributed by atoms with Crippen molar-refractivity contribution >= 4 is 29.0 Å². The molecule has 204 valence electrons. The predicted molar refractivity (Wildman–Crippen MR) is 136 cm³/mol. The van der Waals surface area contributed by atoms with Gasteiger partial charge in [0.15, 0.2) is 17.4 Å². The quantitative estimate of drug-likeness (QED) is 0.320. The Kier molecular flexibility index (Phi) is 7.13. The number of hydrogen-bond donors (Lipinski definition) is 3. The van der Waals surface area contributed by atoms with Crippen LogP contribution in [0.3, 0.4) is 0 Å². The van der Waals surface area contributed by atoms with E-state index in [-0.39, 0.29) is 40.3 Å². The molecular weight excluding hydrogens is 504 g/mol. The number of likely N-dealkylation sites (tertiary alicyclic amines) is 1. The maximum absolute atomic E-state index is 14.6. The second kappa shape index (κ2) is 9.90. The van der Waals surface area contributed by atoms with Crippen molar-refractivity contribution in [3.8, 4) is 0 Å². The van der Waals surface area contributed by atoms with Crippen LogP contribution >= 0.6 is 0 Å². The number of carbonyl (C=O) groups is 1. The van der Waals surface area contributed by atoms with E-state index in [4.69, 9.17) is 4.42 Å². The molecule has 1 aliphatic rings. The van der Waals surface area contributed by atoms with Gasteiger partial charge in [-0.2, -0.15) is 18.2 Å². The smallest absolute Gasteiger partial charge is 0.418 e. The molecule has 0 spiro atoms. The number of rotatable bonds is 6. The summed E-state index contributed by atoms with van der Waals surface area (Å²) in [6.07, 6.45) is -1.09. The normalized spacial score (nSPS) is 17.7. The van der Waals surface area contributed by atoms with Crippen molar-refractivity contribution in [2.24, 2.45) is 0 Å². The van der Waals surface area contributed by atoms with E-state index in [9.17, 15) is 22.4 Å². The minimum atomic E-state index is -4.77. The van der Waals surface area contributed by atoms with Crippen molar-refractivity contribution < 1.29 is 26.8 Å². The molecule has 3 N–H and O–H groups in total. The van der Waals surface area contributed by atoms with Gasteiger partial charge < -0.3 is 20.4 Å². The zero-order valence-corrected chi connectivity index (χ0v) is 21.7. The van der Waals surface area contributed by atoms with Crippen LogP contribution < -0.4 is 16.0 Å². The number of halogens is 4. The van der Waals surface area contributed by atoms with Crippen molar-refractivity contribution in [2.45, 2.75) is 63.8 Å². The number of carbonyl (C=O) groups excluding carboxylic acids is 1. The number of furan rings is 1. The SMILES string of the molecule is CN1C(C)(C)CC(Nc2nc(Nc3ccc(NC(=O)c4ccco4)c(C(F)(F)F)c3)ncc2F)CC1(C)C. The van der Waals surface area contributed by atoms with Crippen molar-refractivity contribution in [3.63, 3.8) is 0 Å². The zero-order valence-electron chi connectivity index (χ0n) is 21.7. The number of amides is 1. The Morgan fingerprint density at radius 2 is 1.82 bits per heavy atom. The third-order valence-corrected chi connectivity index (χ3v) is 6.97. The molecule has 3 heterocycles. The molecule has 0 saturated carbocycles. The Bertz CT molecular complexity index is 1290. The van der Waals surface area contributed by atoms with Crippen LogP contribution in [0.1, 0.15) is 56.7 Å². The van der Waals surface area contributed by atoms with E-state index in [1.54, 1.807) is 0 Å². The summed E-state index contributed by atoms with van der Waals surface area (Å²) in [5.41, 5.74) is -1.82. The first kappa shape index (κ1) is 27.4. The lowest BCUT2D eigenvalue weighted by atomic mass is 9.77. The molecule has 1 aromatic carbocycles. The lowest BCUT2D eigenvalue weighted by Crippen LogP contribution is -2.61. The van der Waals surface area contributed by atoms with Gasteiger partial charge in [-0.05, 0) is 77.9 Å². The monoisotopic (exact) mass is 534 g/mol. The average Bonchev–Trinajstić information content (AvgIpc) is 3.35. The van der Waals surface area contributed by atoms with Crippen LogP contribution in [-0.2, 0) is 6.18 Å².